The minimum atomic E-state index is 0.421. The minimum Gasteiger partial charge on any atom is -0.406 e. The number of aromatic nitrogens is 2. The second-order valence-corrected chi connectivity index (χ2v) is 4.68. The number of rotatable bonds is 6. The molecule has 5 nitrogen and oxygen atoms in total. The van der Waals surface area contributed by atoms with Crippen LogP contribution in [-0.2, 0) is 6.54 Å². The maximum Gasteiger partial charge on any atom is 0.320 e. The number of anilines is 2. The lowest BCUT2D eigenvalue weighted by Gasteiger charge is -2.06. The van der Waals surface area contributed by atoms with E-state index in [9.17, 15) is 0 Å². The summed E-state index contributed by atoms with van der Waals surface area (Å²) in [5.74, 6) is 1.12. The van der Waals surface area contributed by atoms with Gasteiger partial charge in [-0.05, 0) is 30.2 Å². The fourth-order valence-electron chi connectivity index (χ4n) is 1.68. The Labute approximate surface area is 113 Å². The van der Waals surface area contributed by atoms with E-state index >= 15 is 0 Å². The van der Waals surface area contributed by atoms with Crippen LogP contribution in [0.3, 0.4) is 0 Å². The zero-order valence-electron chi connectivity index (χ0n) is 11.6. The molecule has 0 saturated carbocycles. The van der Waals surface area contributed by atoms with Gasteiger partial charge in [0, 0.05) is 5.69 Å². The maximum absolute atomic E-state index is 5.47. The second-order valence-electron chi connectivity index (χ2n) is 4.68. The first-order chi connectivity index (χ1) is 9.19. The van der Waals surface area contributed by atoms with Crippen LogP contribution < -0.4 is 10.6 Å². The summed E-state index contributed by atoms with van der Waals surface area (Å²) in [4.78, 5) is 0. The van der Waals surface area contributed by atoms with Gasteiger partial charge < -0.3 is 15.1 Å². The van der Waals surface area contributed by atoms with Gasteiger partial charge in [-0.2, -0.15) is 0 Å². The van der Waals surface area contributed by atoms with Crippen LogP contribution in [0.4, 0.5) is 11.7 Å². The van der Waals surface area contributed by atoms with E-state index in [1.165, 1.54) is 5.56 Å². The highest BCUT2D eigenvalue weighted by Gasteiger charge is 2.06. The van der Waals surface area contributed by atoms with Gasteiger partial charge in [0.15, 0.2) is 0 Å². The van der Waals surface area contributed by atoms with Crippen molar-refractivity contribution in [2.45, 2.75) is 33.2 Å². The summed E-state index contributed by atoms with van der Waals surface area (Å²) in [6.07, 6.45) is 0. The lowest BCUT2D eigenvalue weighted by atomic mass is 10.0. The van der Waals surface area contributed by atoms with Crippen molar-refractivity contribution < 1.29 is 4.42 Å². The molecule has 0 aliphatic rings. The summed E-state index contributed by atoms with van der Waals surface area (Å²) in [6.45, 7) is 7.85. The van der Waals surface area contributed by atoms with Crippen LogP contribution >= 0.6 is 0 Å². The highest BCUT2D eigenvalue weighted by molar-refractivity contribution is 5.52. The molecule has 0 amide bonds. The van der Waals surface area contributed by atoms with Crippen LogP contribution in [0.25, 0.3) is 0 Å². The highest BCUT2D eigenvalue weighted by Crippen LogP contribution is 2.19. The Morgan fingerprint density at radius 1 is 1.16 bits per heavy atom. The van der Waals surface area contributed by atoms with Crippen molar-refractivity contribution in [1.29, 1.82) is 0 Å². The van der Waals surface area contributed by atoms with Gasteiger partial charge >= 0.3 is 6.01 Å². The lowest BCUT2D eigenvalue weighted by molar-refractivity contribution is 0.484. The van der Waals surface area contributed by atoms with Crippen LogP contribution in [0, 0.1) is 0 Å². The largest absolute Gasteiger partial charge is 0.406 e. The van der Waals surface area contributed by atoms with Crippen LogP contribution in [0.15, 0.2) is 28.7 Å². The first kappa shape index (κ1) is 13.5. The van der Waals surface area contributed by atoms with Gasteiger partial charge in [-0.1, -0.05) is 38.0 Å². The predicted molar refractivity (Wildman–Crippen MR) is 75.5 cm³/mol. The van der Waals surface area contributed by atoms with E-state index in [0.717, 1.165) is 12.2 Å². The van der Waals surface area contributed by atoms with Crippen molar-refractivity contribution >= 4 is 11.7 Å². The van der Waals surface area contributed by atoms with Crippen molar-refractivity contribution in [3.8, 4) is 0 Å². The number of nitrogens with zero attached hydrogens (tertiary/aromatic N) is 2. The third-order valence-electron chi connectivity index (χ3n) is 2.82. The molecule has 5 heteroatoms. The van der Waals surface area contributed by atoms with E-state index < -0.39 is 0 Å². The molecule has 0 aliphatic carbocycles. The normalized spacial score (nSPS) is 10.9. The van der Waals surface area contributed by atoms with Gasteiger partial charge in [-0.25, -0.2) is 0 Å². The summed E-state index contributed by atoms with van der Waals surface area (Å²) in [6, 6.07) is 8.66. The van der Waals surface area contributed by atoms with Crippen molar-refractivity contribution in [3.05, 3.63) is 35.7 Å². The quantitative estimate of drug-likeness (QED) is 0.835. The molecule has 0 saturated heterocycles. The molecular formula is C14H20N4O. The molecule has 102 valence electrons. The van der Waals surface area contributed by atoms with Gasteiger partial charge in [-0.15, -0.1) is 5.10 Å². The fourth-order valence-corrected chi connectivity index (χ4v) is 1.68. The zero-order valence-corrected chi connectivity index (χ0v) is 11.6. The first-order valence-electron chi connectivity index (χ1n) is 6.59. The molecule has 1 aromatic carbocycles. The first-order valence-corrected chi connectivity index (χ1v) is 6.59. The molecule has 0 bridgehead atoms. The van der Waals surface area contributed by atoms with Crippen molar-refractivity contribution in [2.24, 2.45) is 0 Å². The summed E-state index contributed by atoms with van der Waals surface area (Å²) in [7, 11) is 0. The monoisotopic (exact) mass is 260 g/mol. The Kier molecular flexibility index (Phi) is 4.52. The van der Waals surface area contributed by atoms with Gasteiger partial charge in [0.25, 0.3) is 0 Å². The van der Waals surface area contributed by atoms with Crippen LogP contribution in [0.5, 0.6) is 0 Å². The average Bonchev–Trinajstić information content (AvgIpc) is 2.84. The van der Waals surface area contributed by atoms with Crippen molar-refractivity contribution in [2.75, 3.05) is 11.9 Å². The van der Waals surface area contributed by atoms with E-state index in [1.807, 2.05) is 19.1 Å². The molecule has 0 unspecified atom stereocenters. The van der Waals surface area contributed by atoms with Crippen LogP contribution in [-0.4, -0.2) is 16.7 Å². The third kappa shape index (κ3) is 3.79. The highest BCUT2D eigenvalue weighted by atomic mass is 16.4. The molecule has 1 heterocycles. The Balaban J connectivity index is 1.98. The Morgan fingerprint density at radius 2 is 1.89 bits per heavy atom. The fraction of sp³-hybridized carbons (Fsp3) is 0.429. The molecule has 0 fully saturated rings. The van der Waals surface area contributed by atoms with Crippen LogP contribution in [0.1, 0.15) is 38.1 Å². The summed E-state index contributed by atoms with van der Waals surface area (Å²) >= 11 is 0. The van der Waals surface area contributed by atoms with Gasteiger partial charge in [-0.3, -0.25) is 0 Å². The molecule has 0 radical (unpaired) electrons. The Hall–Kier alpha value is -1.88. The Morgan fingerprint density at radius 3 is 2.53 bits per heavy atom. The van der Waals surface area contributed by atoms with Gasteiger partial charge in [0.05, 0.1) is 6.54 Å². The zero-order chi connectivity index (χ0) is 13.7. The molecule has 2 N–H and O–H groups in total. The van der Waals surface area contributed by atoms with E-state index in [1.54, 1.807) is 0 Å². The number of hydrogen-bond acceptors (Lipinski definition) is 5. The van der Waals surface area contributed by atoms with Crippen molar-refractivity contribution in [3.63, 3.8) is 0 Å². The summed E-state index contributed by atoms with van der Waals surface area (Å²) in [5.41, 5.74) is 2.26. The number of nitrogens with one attached hydrogen (secondary N) is 2. The maximum atomic E-state index is 5.47. The Bertz CT molecular complexity index is 504. The molecule has 2 aromatic rings. The SMILES string of the molecule is CCNCc1nnc(Nc2ccc(C(C)C)cc2)o1. The number of hydrogen-bond donors (Lipinski definition) is 2. The lowest BCUT2D eigenvalue weighted by Crippen LogP contribution is -2.11. The minimum absolute atomic E-state index is 0.421. The standard InChI is InChI=1S/C14H20N4O/c1-4-15-9-13-17-18-14(19-13)16-12-7-5-11(6-8-12)10(2)3/h5-8,10,15H,4,9H2,1-3H3,(H,16,18). The smallest absolute Gasteiger partial charge is 0.320 e. The van der Waals surface area contributed by atoms with Crippen molar-refractivity contribution in [1.82, 2.24) is 15.5 Å². The molecule has 1 aromatic heterocycles. The topological polar surface area (TPSA) is 63.0 Å². The van der Waals surface area contributed by atoms with Gasteiger partial charge in [0.1, 0.15) is 0 Å². The molecule has 2 rings (SSSR count). The molecule has 0 spiro atoms. The predicted octanol–water partition coefficient (Wildman–Crippen LogP) is 3.05. The average molecular weight is 260 g/mol. The van der Waals surface area contributed by atoms with E-state index in [4.69, 9.17) is 4.42 Å². The summed E-state index contributed by atoms with van der Waals surface area (Å²) in [5, 5.41) is 14.1. The molecule has 0 atom stereocenters. The van der Waals surface area contributed by atoms with Crippen LogP contribution in [0.2, 0.25) is 0 Å². The van der Waals surface area contributed by atoms with E-state index in [-0.39, 0.29) is 0 Å². The molecule has 0 aliphatic heterocycles. The number of benzene rings is 1. The molecular weight excluding hydrogens is 240 g/mol. The molecule has 19 heavy (non-hydrogen) atoms. The van der Waals surface area contributed by atoms with E-state index in [0.29, 0.717) is 24.4 Å². The van der Waals surface area contributed by atoms with Gasteiger partial charge in [0.2, 0.25) is 5.89 Å². The second kappa shape index (κ2) is 6.33. The summed E-state index contributed by atoms with van der Waals surface area (Å²) < 4.78 is 5.47. The third-order valence-corrected chi connectivity index (χ3v) is 2.82. The van der Waals surface area contributed by atoms with E-state index in [2.05, 4.69) is 46.8 Å².